The van der Waals surface area contributed by atoms with Crippen LogP contribution in [0, 0.1) is 29.6 Å². The number of cyclic esters (lactones) is 1. The summed E-state index contributed by atoms with van der Waals surface area (Å²) in [6.07, 6.45) is 11.9. The van der Waals surface area contributed by atoms with E-state index < -0.39 is 99.4 Å². The smallest absolute Gasteiger partial charge is 0.328 e. The molecule has 2 aliphatic carbocycles. The van der Waals surface area contributed by atoms with Gasteiger partial charge < -0.3 is 43.5 Å². The van der Waals surface area contributed by atoms with Crippen molar-refractivity contribution < 1.29 is 75.8 Å². The first kappa shape index (κ1) is 61.6. The van der Waals surface area contributed by atoms with Crippen molar-refractivity contribution in [2.24, 2.45) is 29.6 Å². The van der Waals surface area contributed by atoms with Crippen molar-refractivity contribution in [3.05, 3.63) is 47.6 Å². The number of ether oxygens (including phenoxy) is 6. The molecule has 19 heteroatoms. The third-order valence-corrected chi connectivity index (χ3v) is 16.3. The lowest BCUT2D eigenvalue weighted by atomic mass is 9.78. The second-order valence-corrected chi connectivity index (χ2v) is 22.7. The minimum absolute atomic E-state index is 0.0216. The van der Waals surface area contributed by atoms with Gasteiger partial charge >= 0.3 is 11.9 Å². The summed E-state index contributed by atoms with van der Waals surface area (Å²) >= 11 is 0. The number of hydrogen-bond donors (Lipinski definition) is 3. The fraction of sp³-hybridized carbons (Fsp3) is 0.741. The van der Waals surface area contributed by atoms with E-state index in [-0.39, 0.29) is 74.0 Å². The van der Waals surface area contributed by atoms with Crippen LogP contribution in [0.1, 0.15) is 132 Å². The highest BCUT2D eigenvalue weighted by Crippen LogP contribution is 2.39. The van der Waals surface area contributed by atoms with Gasteiger partial charge in [-0.25, -0.2) is 17.9 Å². The van der Waals surface area contributed by atoms with E-state index in [1.54, 1.807) is 79.0 Å². The Morgan fingerprint density at radius 1 is 0.918 bits per heavy atom. The van der Waals surface area contributed by atoms with E-state index in [2.05, 4.69) is 4.72 Å². The van der Waals surface area contributed by atoms with E-state index in [1.165, 1.54) is 21.1 Å². The molecule has 2 heterocycles. The van der Waals surface area contributed by atoms with Crippen molar-refractivity contribution in [1.82, 2.24) is 9.62 Å². The van der Waals surface area contributed by atoms with Gasteiger partial charge in [0, 0.05) is 51.5 Å². The van der Waals surface area contributed by atoms with Crippen LogP contribution < -0.4 is 4.72 Å². The molecule has 2 saturated carbocycles. The Labute approximate surface area is 433 Å². The van der Waals surface area contributed by atoms with Crippen LogP contribution in [0.15, 0.2) is 47.6 Å². The number of nitrogens with one attached hydrogen (secondary N) is 1. The number of amides is 1. The first-order valence-electron chi connectivity index (χ1n) is 26.1. The van der Waals surface area contributed by atoms with E-state index in [1.807, 2.05) is 13.0 Å². The Bertz CT molecular complexity index is 2150. The number of carbonyl (C=O) groups excluding carboxylic acids is 6. The number of sulfonamides is 1. The predicted molar refractivity (Wildman–Crippen MR) is 272 cm³/mol. The van der Waals surface area contributed by atoms with Gasteiger partial charge in [-0.3, -0.25) is 24.0 Å². The van der Waals surface area contributed by atoms with Gasteiger partial charge in [0.1, 0.15) is 30.1 Å². The van der Waals surface area contributed by atoms with E-state index in [9.17, 15) is 47.4 Å². The maximum Gasteiger partial charge on any atom is 0.328 e. The van der Waals surface area contributed by atoms with Crippen LogP contribution in [0.25, 0.3) is 0 Å². The Hall–Kier alpha value is -3.95. The molecule has 7 unspecified atom stereocenters. The molecule has 4 rings (SSSR count). The zero-order valence-corrected chi connectivity index (χ0v) is 45.7. The predicted octanol–water partition coefficient (Wildman–Crippen LogP) is 5.42. The van der Waals surface area contributed by atoms with Crippen LogP contribution in [0.4, 0.5) is 0 Å². The lowest BCUT2D eigenvalue weighted by molar-refractivity contribution is -0.263. The second-order valence-electron chi connectivity index (χ2n) is 20.9. The maximum atomic E-state index is 14.2. The first-order chi connectivity index (χ1) is 34.4. The van der Waals surface area contributed by atoms with Gasteiger partial charge in [-0.2, -0.15) is 0 Å². The number of likely N-dealkylation sites (N-methyl/N-ethyl adjacent to an activating group) is 1. The van der Waals surface area contributed by atoms with Crippen molar-refractivity contribution in [3.63, 3.8) is 0 Å². The molecule has 0 aromatic heterocycles. The van der Waals surface area contributed by atoms with Crippen molar-refractivity contribution >= 4 is 45.2 Å². The number of methoxy groups -OCH3 is 2. The summed E-state index contributed by atoms with van der Waals surface area (Å²) in [5, 5.41) is 23.4. The topological polar surface area (TPSA) is 248 Å². The molecule has 14 atom stereocenters. The normalized spacial score (nSPS) is 36.5. The Morgan fingerprint density at radius 2 is 1.62 bits per heavy atom. The summed E-state index contributed by atoms with van der Waals surface area (Å²) in [5.41, 5.74) is 0.836. The number of ketones is 3. The Balaban J connectivity index is 1.68. The second kappa shape index (κ2) is 28.3. The summed E-state index contributed by atoms with van der Waals surface area (Å²) in [4.78, 5) is 83.3. The standard InChI is InChI=1S/C54H84N2O16S/c1-12-69-47(58)31-73(65,66)55-42-29-41-22-20-37(7)54(64,72-41)51(61)52(62)56(9)38(8)53(63)71-45(35(5)27-39-21-25-44(46(28-39)67-10)70-40-23-24-40)30-43(57)34(4)26-36(6)49(60)50(68-11)48(59)33(3)19-17-15-13-14-16-18-32(42)2/h13-16,18,26,33-35,37-42,44-46,49-50,55,60,64H,12,17,19-25,27-31H2,1-11H3/b15-13+,16-14+,32-18+,36-26+/t33?,34?,35-,37+,38?,39+,41-,42?,44-,45?,46-,49?,50?,54+/m1/s1. The van der Waals surface area contributed by atoms with Crippen LogP contribution in [-0.4, -0.2) is 153 Å². The fourth-order valence-electron chi connectivity index (χ4n) is 9.84. The number of aliphatic hydroxyl groups excluding tert-OH is 1. The molecule has 0 spiro atoms. The monoisotopic (exact) mass is 1050 g/mol. The lowest BCUT2D eigenvalue weighted by Crippen LogP contribution is -2.59. The third-order valence-electron chi connectivity index (χ3n) is 15.0. The SMILES string of the molecule is CCOC(=O)CS(=O)(=O)NC1C[C@H]2CC[C@H](C)[C@](O)(O2)C(=O)C(=O)N(C)C(C)C(=O)OC([C@H](C)C[C@@H]2CC[C@@H](OC3CC3)[C@H](OC)C2)CC(=O)C(C)/C=C(\C)C(O)C(OC)C(=O)C(C)CC/C=C/C=C/C=C/1C. The largest absolute Gasteiger partial charge is 0.465 e. The van der Waals surface area contributed by atoms with Gasteiger partial charge in [-0.05, 0) is 116 Å². The van der Waals surface area contributed by atoms with Gasteiger partial charge in [0.05, 0.1) is 31.0 Å². The summed E-state index contributed by atoms with van der Waals surface area (Å²) in [7, 11) is -0.0520. The number of Topliss-reactive ketones (excluding diaryl/α,β-unsaturated/α-hetero) is 3. The summed E-state index contributed by atoms with van der Waals surface area (Å²) < 4.78 is 63.8. The first-order valence-corrected chi connectivity index (χ1v) is 27.7. The Kier molecular flexibility index (Phi) is 23.8. The van der Waals surface area contributed by atoms with Crippen molar-refractivity contribution in [2.75, 3.05) is 33.6 Å². The number of allylic oxidation sites excluding steroid dienone is 6. The minimum Gasteiger partial charge on any atom is -0.465 e. The van der Waals surface area contributed by atoms with Crippen LogP contribution in [0.3, 0.4) is 0 Å². The van der Waals surface area contributed by atoms with Crippen LogP contribution in [0.2, 0.25) is 0 Å². The van der Waals surface area contributed by atoms with Crippen LogP contribution >= 0.6 is 0 Å². The summed E-state index contributed by atoms with van der Waals surface area (Å²) in [5.74, 6) is -11.1. The fourth-order valence-corrected chi connectivity index (χ4v) is 11.0. The number of aliphatic hydroxyl groups is 2. The average molecular weight is 1050 g/mol. The number of fused-ring (bicyclic) bond motifs is 2. The molecule has 0 aromatic carbocycles. The third kappa shape index (κ3) is 17.8. The number of rotatable bonds is 12. The highest BCUT2D eigenvalue weighted by molar-refractivity contribution is 7.90. The zero-order chi connectivity index (χ0) is 54.4. The van der Waals surface area contributed by atoms with Gasteiger partial charge in [0.25, 0.3) is 11.7 Å². The number of esters is 2. The summed E-state index contributed by atoms with van der Waals surface area (Å²) in [6.45, 7) is 13.0. The van der Waals surface area contributed by atoms with E-state index in [0.29, 0.717) is 36.8 Å². The molecule has 2 aliphatic heterocycles. The van der Waals surface area contributed by atoms with E-state index >= 15 is 0 Å². The molecule has 0 aromatic rings. The average Bonchev–Trinajstić information content (AvgIpc) is 4.17. The van der Waals surface area contributed by atoms with Crippen LogP contribution in [0.5, 0.6) is 0 Å². The highest BCUT2D eigenvalue weighted by Gasteiger charge is 2.52. The minimum atomic E-state index is -4.28. The Morgan fingerprint density at radius 3 is 2.26 bits per heavy atom. The van der Waals surface area contributed by atoms with Crippen LogP contribution in [-0.2, 0) is 67.2 Å². The zero-order valence-electron chi connectivity index (χ0n) is 44.9. The quantitative estimate of drug-likeness (QED) is 0.125. The molecule has 3 fully saturated rings. The molecular formula is C54H84N2O16S. The molecule has 73 heavy (non-hydrogen) atoms. The molecule has 3 N–H and O–H groups in total. The molecule has 1 amide bonds. The number of nitrogens with zero attached hydrogens (tertiary/aromatic N) is 1. The summed E-state index contributed by atoms with van der Waals surface area (Å²) in [6, 6.07) is -2.38. The van der Waals surface area contributed by atoms with Crippen molar-refractivity contribution in [1.29, 1.82) is 0 Å². The number of hydrogen-bond acceptors (Lipinski definition) is 16. The van der Waals surface area contributed by atoms with Gasteiger partial charge in [0.2, 0.25) is 15.8 Å². The van der Waals surface area contributed by atoms with Crippen molar-refractivity contribution in [2.45, 2.75) is 193 Å². The maximum absolute atomic E-state index is 14.2. The van der Waals surface area contributed by atoms with Crippen molar-refractivity contribution in [3.8, 4) is 0 Å². The van der Waals surface area contributed by atoms with E-state index in [0.717, 1.165) is 30.6 Å². The molecular weight excluding hydrogens is 965 g/mol. The molecule has 18 nitrogen and oxygen atoms in total. The highest BCUT2D eigenvalue weighted by atomic mass is 32.2. The lowest BCUT2D eigenvalue weighted by Gasteiger charge is -2.42. The van der Waals surface area contributed by atoms with Gasteiger partial charge in [-0.1, -0.05) is 69.7 Å². The van der Waals surface area contributed by atoms with Gasteiger partial charge in [-0.15, -0.1) is 0 Å². The number of carbonyl (C=O) groups is 6. The molecule has 0 radical (unpaired) electrons. The molecule has 1 saturated heterocycles. The van der Waals surface area contributed by atoms with E-state index in [4.69, 9.17) is 28.4 Å². The molecule has 412 valence electrons. The molecule has 4 aliphatic rings. The van der Waals surface area contributed by atoms with Gasteiger partial charge in [0.15, 0.2) is 11.5 Å². The molecule has 2 bridgehead atoms.